The van der Waals surface area contributed by atoms with Crippen LogP contribution in [0.1, 0.15) is 52.7 Å². The average Bonchev–Trinajstić information content (AvgIpc) is 3.54. The van der Waals surface area contributed by atoms with Crippen LogP contribution in [-0.4, -0.2) is 66.7 Å². The molecule has 1 aromatic carbocycles. The summed E-state index contributed by atoms with van der Waals surface area (Å²) in [5.74, 6) is -1.98. The van der Waals surface area contributed by atoms with E-state index in [-0.39, 0.29) is 28.7 Å². The first-order chi connectivity index (χ1) is 17.0. The first-order valence-corrected chi connectivity index (χ1v) is 11.0. The Kier molecular flexibility index (Phi) is 5.78. The van der Waals surface area contributed by atoms with Gasteiger partial charge in [0.25, 0.3) is 11.7 Å². The number of carbonyl (C=O) groups excluding carboxylic acids is 3. The minimum atomic E-state index is -0.749. The summed E-state index contributed by atoms with van der Waals surface area (Å²) >= 11 is 0. The largest absolute Gasteiger partial charge is 0.378 e. The van der Waals surface area contributed by atoms with Crippen molar-refractivity contribution in [2.24, 2.45) is 5.10 Å². The molecule has 14 heteroatoms. The van der Waals surface area contributed by atoms with Crippen LogP contribution in [0.25, 0.3) is 5.82 Å². The SMILES string of the molecule is CC(=NNC(=O)c1c(CN2CCCCC2)nnn1-c1nonc1N)N1C(=O)C(=O)c2ccccc21. The van der Waals surface area contributed by atoms with Crippen molar-refractivity contribution in [3.63, 3.8) is 0 Å². The topological polar surface area (TPSA) is 178 Å². The zero-order valence-electron chi connectivity index (χ0n) is 18.8. The van der Waals surface area contributed by atoms with Gasteiger partial charge in [-0.15, -0.1) is 5.10 Å². The lowest BCUT2D eigenvalue weighted by Crippen LogP contribution is -2.36. The van der Waals surface area contributed by atoms with Gasteiger partial charge in [-0.25, -0.2) is 10.1 Å². The molecule has 2 aliphatic rings. The smallest absolute Gasteiger partial charge is 0.305 e. The highest BCUT2D eigenvalue weighted by Gasteiger charge is 2.37. The van der Waals surface area contributed by atoms with Crippen molar-refractivity contribution in [3.05, 3.63) is 41.2 Å². The van der Waals surface area contributed by atoms with Gasteiger partial charge in [0.05, 0.1) is 11.3 Å². The number of piperidine rings is 1. The number of rotatable bonds is 5. The summed E-state index contributed by atoms with van der Waals surface area (Å²) in [7, 11) is 0. The zero-order chi connectivity index (χ0) is 24.5. The molecule has 0 bridgehead atoms. The Balaban J connectivity index is 1.44. The molecular formula is C21H22N10O4. The maximum atomic E-state index is 13.3. The Morgan fingerprint density at radius 1 is 1.17 bits per heavy atom. The van der Waals surface area contributed by atoms with E-state index in [4.69, 9.17) is 5.73 Å². The van der Waals surface area contributed by atoms with Gasteiger partial charge in [-0.05, 0) is 55.3 Å². The van der Waals surface area contributed by atoms with E-state index in [1.165, 1.54) is 6.92 Å². The molecule has 2 amide bonds. The van der Waals surface area contributed by atoms with Gasteiger partial charge in [-0.1, -0.05) is 23.8 Å². The number of nitrogens with two attached hydrogens (primary N) is 1. The fourth-order valence-electron chi connectivity index (χ4n) is 4.20. The number of anilines is 2. The van der Waals surface area contributed by atoms with E-state index >= 15 is 0 Å². The van der Waals surface area contributed by atoms with E-state index in [0.29, 0.717) is 17.9 Å². The second-order valence-electron chi connectivity index (χ2n) is 8.19. The molecule has 0 atom stereocenters. The number of amides is 2. The Morgan fingerprint density at radius 3 is 2.69 bits per heavy atom. The molecule has 2 aliphatic heterocycles. The van der Waals surface area contributed by atoms with Gasteiger partial charge in [-0.2, -0.15) is 9.78 Å². The van der Waals surface area contributed by atoms with Crippen LogP contribution in [-0.2, 0) is 11.3 Å². The Hall–Kier alpha value is -4.46. The van der Waals surface area contributed by atoms with Gasteiger partial charge in [0.1, 0.15) is 11.5 Å². The van der Waals surface area contributed by atoms with Crippen LogP contribution in [0.15, 0.2) is 34.0 Å². The lowest BCUT2D eigenvalue weighted by atomic mass is 10.1. The number of para-hydroxylation sites is 1. The quantitative estimate of drug-likeness (QED) is 0.227. The normalized spacial score (nSPS) is 16.6. The molecular weight excluding hydrogens is 456 g/mol. The lowest BCUT2D eigenvalue weighted by molar-refractivity contribution is -0.113. The number of Topliss-reactive ketones (excluding diaryl/α,β-unsaturated/α-hetero) is 1. The second kappa shape index (κ2) is 9.06. The van der Waals surface area contributed by atoms with E-state index in [0.717, 1.165) is 41.9 Å². The molecule has 1 saturated heterocycles. The first kappa shape index (κ1) is 22.3. The molecule has 180 valence electrons. The van der Waals surface area contributed by atoms with E-state index < -0.39 is 17.6 Å². The number of hydrogen-bond donors (Lipinski definition) is 2. The Bertz CT molecular complexity index is 1340. The van der Waals surface area contributed by atoms with Crippen molar-refractivity contribution < 1.29 is 19.0 Å². The third-order valence-electron chi connectivity index (χ3n) is 5.90. The number of likely N-dealkylation sites (tertiary alicyclic amines) is 1. The number of aromatic nitrogens is 5. The number of fused-ring (bicyclic) bond motifs is 1. The Labute approximate surface area is 198 Å². The van der Waals surface area contributed by atoms with Gasteiger partial charge in [0.15, 0.2) is 5.69 Å². The fraction of sp³-hybridized carbons (Fsp3) is 0.333. The highest BCUT2D eigenvalue weighted by atomic mass is 16.6. The zero-order valence-corrected chi connectivity index (χ0v) is 18.8. The standard InChI is InChI=1S/C21H22N10O4/c1-12(30-15-8-4-3-7-13(15)17(32)21(30)34)23-25-20(33)16-14(11-29-9-5-2-6-10-29)24-28-31(16)19-18(22)26-35-27-19/h3-4,7-8H,2,5-6,9-11H2,1H3,(H2,22,26)(H,25,33). The summed E-state index contributed by atoms with van der Waals surface area (Å²) in [5.41, 5.74) is 9.38. The second-order valence-corrected chi connectivity index (χ2v) is 8.19. The molecule has 5 rings (SSSR count). The van der Waals surface area contributed by atoms with Crippen LogP contribution in [0, 0.1) is 0 Å². The Morgan fingerprint density at radius 2 is 1.94 bits per heavy atom. The van der Waals surface area contributed by atoms with Gasteiger partial charge in [-0.3, -0.25) is 24.2 Å². The number of benzene rings is 1. The van der Waals surface area contributed by atoms with Crippen LogP contribution in [0.5, 0.6) is 0 Å². The predicted octanol–water partition coefficient (Wildman–Crippen LogP) is 0.511. The summed E-state index contributed by atoms with van der Waals surface area (Å²) < 4.78 is 5.80. The fourth-order valence-corrected chi connectivity index (χ4v) is 4.20. The monoisotopic (exact) mass is 478 g/mol. The summed E-state index contributed by atoms with van der Waals surface area (Å²) in [6.45, 7) is 3.66. The van der Waals surface area contributed by atoms with Crippen molar-refractivity contribution in [1.29, 1.82) is 0 Å². The van der Waals surface area contributed by atoms with Crippen molar-refractivity contribution in [2.45, 2.75) is 32.7 Å². The maximum absolute atomic E-state index is 13.3. The van der Waals surface area contributed by atoms with Gasteiger partial charge in [0.2, 0.25) is 11.6 Å². The summed E-state index contributed by atoms with van der Waals surface area (Å²) in [6.07, 6.45) is 3.28. The molecule has 3 aromatic rings. The first-order valence-electron chi connectivity index (χ1n) is 11.0. The molecule has 0 saturated carbocycles. The van der Waals surface area contributed by atoms with Crippen molar-refractivity contribution in [2.75, 3.05) is 23.7 Å². The van der Waals surface area contributed by atoms with Crippen LogP contribution >= 0.6 is 0 Å². The molecule has 3 N–H and O–H groups in total. The number of nitrogens with zero attached hydrogens (tertiary/aromatic N) is 8. The number of nitrogens with one attached hydrogen (secondary N) is 1. The molecule has 0 radical (unpaired) electrons. The van der Waals surface area contributed by atoms with Crippen LogP contribution in [0.3, 0.4) is 0 Å². The number of ketones is 1. The highest BCUT2D eigenvalue weighted by molar-refractivity contribution is 6.56. The molecule has 1 fully saturated rings. The molecule has 4 heterocycles. The lowest BCUT2D eigenvalue weighted by Gasteiger charge is -2.25. The van der Waals surface area contributed by atoms with Crippen LogP contribution in [0.2, 0.25) is 0 Å². The van der Waals surface area contributed by atoms with Crippen molar-refractivity contribution in [3.8, 4) is 5.82 Å². The van der Waals surface area contributed by atoms with Gasteiger partial charge >= 0.3 is 5.91 Å². The molecule has 0 spiro atoms. The van der Waals surface area contributed by atoms with E-state index in [1.54, 1.807) is 24.3 Å². The van der Waals surface area contributed by atoms with Gasteiger partial charge < -0.3 is 5.73 Å². The van der Waals surface area contributed by atoms with E-state index in [9.17, 15) is 14.4 Å². The number of hydrazone groups is 1. The minimum absolute atomic E-state index is 0.0162. The number of carbonyl (C=O) groups is 3. The van der Waals surface area contributed by atoms with E-state index in [2.05, 4.69) is 40.7 Å². The molecule has 35 heavy (non-hydrogen) atoms. The maximum Gasteiger partial charge on any atom is 0.305 e. The van der Waals surface area contributed by atoms with Crippen LogP contribution in [0.4, 0.5) is 11.5 Å². The number of hydrogen-bond acceptors (Lipinski definition) is 11. The summed E-state index contributed by atoms with van der Waals surface area (Å²) in [5, 5.41) is 19.5. The van der Waals surface area contributed by atoms with Crippen molar-refractivity contribution >= 4 is 34.9 Å². The summed E-state index contributed by atoms with van der Waals surface area (Å²) in [6, 6.07) is 6.57. The van der Waals surface area contributed by atoms with Crippen LogP contribution < -0.4 is 16.1 Å². The number of nitrogen functional groups attached to an aromatic ring is 1. The number of amidine groups is 1. The molecule has 0 unspecified atom stereocenters. The minimum Gasteiger partial charge on any atom is -0.378 e. The highest BCUT2D eigenvalue weighted by Crippen LogP contribution is 2.28. The third kappa shape index (κ3) is 4.03. The van der Waals surface area contributed by atoms with Crippen molar-refractivity contribution in [1.82, 2.24) is 35.6 Å². The molecule has 14 nitrogen and oxygen atoms in total. The predicted molar refractivity (Wildman–Crippen MR) is 122 cm³/mol. The van der Waals surface area contributed by atoms with Gasteiger partial charge in [0, 0.05) is 6.54 Å². The average molecular weight is 478 g/mol. The third-order valence-corrected chi connectivity index (χ3v) is 5.90. The molecule has 2 aromatic heterocycles. The van der Waals surface area contributed by atoms with E-state index in [1.807, 2.05) is 0 Å². The molecule has 0 aliphatic carbocycles. The summed E-state index contributed by atoms with van der Waals surface area (Å²) in [4.78, 5) is 41.4.